The summed E-state index contributed by atoms with van der Waals surface area (Å²) in [5.41, 5.74) is 5.50. The molecule has 3 nitrogen and oxygen atoms in total. The van der Waals surface area contributed by atoms with Crippen LogP contribution in [0.4, 0.5) is 0 Å². The van der Waals surface area contributed by atoms with Crippen LogP contribution in [0.25, 0.3) is 0 Å². The largest absolute Gasteiger partial charge is 0.481 e. The highest BCUT2D eigenvalue weighted by molar-refractivity contribution is 5.70. The van der Waals surface area contributed by atoms with Crippen LogP contribution >= 0.6 is 0 Å². The van der Waals surface area contributed by atoms with E-state index in [-0.39, 0.29) is 12.5 Å². The molecular weight excluding hydrogens is 214 g/mol. The van der Waals surface area contributed by atoms with E-state index in [0.29, 0.717) is 5.92 Å². The van der Waals surface area contributed by atoms with Crippen LogP contribution in [0.15, 0.2) is 0 Å². The van der Waals surface area contributed by atoms with Crippen molar-refractivity contribution < 1.29 is 9.90 Å². The average molecular weight is 241 g/mol. The highest BCUT2D eigenvalue weighted by atomic mass is 16.4. The van der Waals surface area contributed by atoms with E-state index in [1.54, 1.807) is 0 Å². The number of nitrogens with two attached hydrogens (primary N) is 1. The highest BCUT2D eigenvalue weighted by Crippen LogP contribution is 2.34. The third kappa shape index (κ3) is 4.66. The molecule has 0 aromatic heterocycles. The Hall–Kier alpha value is -0.570. The molecule has 0 aliphatic heterocycles. The van der Waals surface area contributed by atoms with E-state index in [1.165, 1.54) is 38.5 Å². The number of carbonyl (C=O) groups is 1. The van der Waals surface area contributed by atoms with Crippen molar-refractivity contribution in [2.45, 2.75) is 58.3 Å². The van der Waals surface area contributed by atoms with Crippen molar-refractivity contribution in [2.75, 3.05) is 6.54 Å². The summed E-state index contributed by atoms with van der Waals surface area (Å²) in [5, 5.41) is 8.99. The summed E-state index contributed by atoms with van der Waals surface area (Å²) >= 11 is 0. The van der Waals surface area contributed by atoms with Crippen molar-refractivity contribution in [3.63, 3.8) is 0 Å². The fourth-order valence-corrected chi connectivity index (χ4v) is 3.14. The molecule has 2 unspecified atom stereocenters. The Labute approximate surface area is 105 Å². The highest BCUT2D eigenvalue weighted by Gasteiger charge is 2.24. The summed E-state index contributed by atoms with van der Waals surface area (Å²) < 4.78 is 0. The smallest absolute Gasteiger partial charge is 0.307 e. The Bertz CT molecular complexity index is 224. The minimum atomic E-state index is -0.731. The minimum absolute atomic E-state index is 0.274. The van der Waals surface area contributed by atoms with E-state index in [0.717, 1.165) is 18.8 Å². The first kappa shape index (κ1) is 14.5. The van der Waals surface area contributed by atoms with Crippen LogP contribution in [0.2, 0.25) is 0 Å². The molecule has 1 rings (SSSR count). The normalized spacial score (nSPS) is 21.1. The molecule has 1 aliphatic rings. The molecule has 0 bridgehead atoms. The maximum atomic E-state index is 10.9. The Morgan fingerprint density at radius 2 is 1.94 bits per heavy atom. The molecule has 0 saturated heterocycles. The van der Waals surface area contributed by atoms with Crippen molar-refractivity contribution in [1.82, 2.24) is 0 Å². The van der Waals surface area contributed by atoms with Gasteiger partial charge in [-0.05, 0) is 24.7 Å². The average Bonchev–Trinajstić information content (AvgIpc) is 2.35. The van der Waals surface area contributed by atoms with E-state index >= 15 is 0 Å². The lowest BCUT2D eigenvalue weighted by Gasteiger charge is -2.30. The van der Waals surface area contributed by atoms with Gasteiger partial charge in [-0.1, -0.05) is 45.4 Å². The van der Waals surface area contributed by atoms with Crippen LogP contribution in [0, 0.1) is 17.8 Å². The van der Waals surface area contributed by atoms with Crippen molar-refractivity contribution in [3.05, 3.63) is 0 Å². The molecule has 100 valence electrons. The Morgan fingerprint density at radius 3 is 2.41 bits per heavy atom. The molecule has 0 amide bonds. The molecule has 0 radical (unpaired) electrons. The predicted molar refractivity (Wildman–Crippen MR) is 69.8 cm³/mol. The number of carboxylic acids is 1. The van der Waals surface area contributed by atoms with Crippen LogP contribution in [0.5, 0.6) is 0 Å². The van der Waals surface area contributed by atoms with Gasteiger partial charge in [-0.2, -0.15) is 0 Å². The van der Waals surface area contributed by atoms with E-state index in [2.05, 4.69) is 6.92 Å². The fraction of sp³-hybridized carbons (Fsp3) is 0.929. The lowest BCUT2D eigenvalue weighted by Crippen LogP contribution is -2.25. The maximum Gasteiger partial charge on any atom is 0.307 e. The van der Waals surface area contributed by atoms with Crippen molar-refractivity contribution >= 4 is 5.97 Å². The Balaban J connectivity index is 2.37. The first-order chi connectivity index (χ1) is 8.19. The third-order valence-corrected chi connectivity index (χ3v) is 4.36. The van der Waals surface area contributed by atoms with E-state index in [1.807, 2.05) is 0 Å². The number of rotatable bonds is 7. The standard InChI is InChI=1S/C14H27NO2/c1-2-11(12-6-4-3-5-7-12)8-9-13(10-15)14(16)17/h11-13H,2-10,15H2,1H3,(H,16,17). The van der Waals surface area contributed by atoms with Gasteiger partial charge >= 0.3 is 5.97 Å². The molecule has 1 saturated carbocycles. The second-order valence-electron chi connectivity index (χ2n) is 5.41. The zero-order valence-corrected chi connectivity index (χ0v) is 11.0. The monoisotopic (exact) mass is 241 g/mol. The van der Waals surface area contributed by atoms with Crippen LogP contribution in [0.1, 0.15) is 58.3 Å². The Kier molecular flexibility index (Phi) is 6.56. The van der Waals surface area contributed by atoms with Gasteiger partial charge in [0.25, 0.3) is 0 Å². The second-order valence-corrected chi connectivity index (χ2v) is 5.41. The second kappa shape index (κ2) is 7.70. The summed E-state index contributed by atoms with van der Waals surface area (Å²) in [5.74, 6) is 0.475. The zero-order chi connectivity index (χ0) is 12.7. The molecule has 0 heterocycles. The van der Waals surface area contributed by atoms with E-state index in [4.69, 9.17) is 10.8 Å². The number of hydrogen-bond acceptors (Lipinski definition) is 2. The van der Waals surface area contributed by atoms with Gasteiger partial charge in [0.15, 0.2) is 0 Å². The minimum Gasteiger partial charge on any atom is -0.481 e. The van der Waals surface area contributed by atoms with Crippen molar-refractivity contribution in [3.8, 4) is 0 Å². The Morgan fingerprint density at radius 1 is 1.29 bits per heavy atom. The molecule has 0 aromatic rings. The molecule has 3 N–H and O–H groups in total. The maximum absolute atomic E-state index is 10.9. The van der Waals surface area contributed by atoms with Gasteiger partial charge in [-0.15, -0.1) is 0 Å². The summed E-state index contributed by atoms with van der Waals surface area (Å²) in [6, 6.07) is 0. The SMILES string of the molecule is CCC(CCC(CN)C(=O)O)C1CCCCC1. The molecule has 17 heavy (non-hydrogen) atoms. The van der Waals surface area contributed by atoms with Crippen LogP contribution in [0.3, 0.4) is 0 Å². The number of aliphatic carboxylic acids is 1. The van der Waals surface area contributed by atoms with Gasteiger partial charge in [0, 0.05) is 6.54 Å². The molecular formula is C14H27NO2. The van der Waals surface area contributed by atoms with E-state index in [9.17, 15) is 4.79 Å². The van der Waals surface area contributed by atoms with Crippen molar-refractivity contribution in [2.24, 2.45) is 23.5 Å². The summed E-state index contributed by atoms with van der Waals surface area (Å²) in [6.45, 7) is 2.51. The van der Waals surface area contributed by atoms with Gasteiger partial charge in [-0.25, -0.2) is 0 Å². The van der Waals surface area contributed by atoms with Crippen LogP contribution < -0.4 is 5.73 Å². The lowest BCUT2D eigenvalue weighted by atomic mass is 9.76. The van der Waals surface area contributed by atoms with Crippen LogP contribution in [-0.2, 0) is 4.79 Å². The third-order valence-electron chi connectivity index (χ3n) is 4.36. The predicted octanol–water partition coefficient (Wildman–Crippen LogP) is 3.03. The van der Waals surface area contributed by atoms with Gasteiger partial charge in [0.1, 0.15) is 0 Å². The first-order valence-electron chi connectivity index (χ1n) is 7.11. The van der Waals surface area contributed by atoms with Crippen LogP contribution in [-0.4, -0.2) is 17.6 Å². The molecule has 3 heteroatoms. The zero-order valence-electron chi connectivity index (χ0n) is 11.0. The molecule has 1 fully saturated rings. The molecule has 0 spiro atoms. The molecule has 2 atom stereocenters. The lowest BCUT2D eigenvalue weighted by molar-refractivity contribution is -0.141. The quantitative estimate of drug-likeness (QED) is 0.720. The van der Waals surface area contributed by atoms with Gasteiger partial charge in [0.05, 0.1) is 5.92 Å². The fourth-order valence-electron chi connectivity index (χ4n) is 3.14. The topological polar surface area (TPSA) is 63.3 Å². The number of hydrogen-bond donors (Lipinski definition) is 2. The van der Waals surface area contributed by atoms with Crippen molar-refractivity contribution in [1.29, 1.82) is 0 Å². The summed E-state index contributed by atoms with van der Waals surface area (Å²) in [7, 11) is 0. The van der Waals surface area contributed by atoms with Gasteiger partial charge < -0.3 is 10.8 Å². The van der Waals surface area contributed by atoms with Gasteiger partial charge in [-0.3, -0.25) is 4.79 Å². The summed E-state index contributed by atoms with van der Waals surface area (Å²) in [4.78, 5) is 10.9. The molecule has 1 aliphatic carbocycles. The van der Waals surface area contributed by atoms with Gasteiger partial charge in [0.2, 0.25) is 0 Å². The summed E-state index contributed by atoms with van der Waals surface area (Å²) in [6.07, 6.45) is 9.77. The first-order valence-corrected chi connectivity index (χ1v) is 7.11. The molecule has 0 aromatic carbocycles. The number of carboxylic acid groups (broad SMARTS) is 1. The van der Waals surface area contributed by atoms with E-state index < -0.39 is 5.97 Å².